The van der Waals surface area contributed by atoms with Gasteiger partial charge in [0, 0.05) is 11.8 Å². The molecule has 0 radical (unpaired) electrons. The first kappa shape index (κ1) is 20.7. The van der Waals surface area contributed by atoms with Gasteiger partial charge in [0.25, 0.3) is 0 Å². The van der Waals surface area contributed by atoms with Crippen molar-refractivity contribution in [2.45, 2.75) is 23.4 Å². The molecule has 2 aromatic carbocycles. The molecule has 160 valence electrons. The second kappa shape index (κ2) is 9.09. The Morgan fingerprint density at radius 1 is 1.23 bits per heavy atom. The van der Waals surface area contributed by atoms with Crippen LogP contribution < -0.4 is 20.1 Å². The highest BCUT2D eigenvalue weighted by Gasteiger charge is 2.33. The summed E-state index contributed by atoms with van der Waals surface area (Å²) >= 11 is 1.44. The molecular formula is C21H21N5O4S. The number of nitrogens with zero attached hydrogens (tertiary/aromatic N) is 3. The minimum absolute atomic E-state index is 0.0382. The van der Waals surface area contributed by atoms with E-state index in [1.54, 1.807) is 25.3 Å². The first-order valence-electron chi connectivity index (χ1n) is 9.53. The second-order valence-electron chi connectivity index (χ2n) is 6.76. The van der Waals surface area contributed by atoms with Gasteiger partial charge in [-0.25, -0.2) is 4.68 Å². The zero-order valence-electron chi connectivity index (χ0n) is 17.0. The number of nitrogens with one attached hydrogen (secondary N) is 2. The van der Waals surface area contributed by atoms with Crippen LogP contribution in [0, 0.1) is 0 Å². The SMILES string of the molecule is COc1ccc(NC(=O)[C@@H]2CC(=O)Nc3nc(SCc4ccccc4)nn32)c(OC)c1. The maximum atomic E-state index is 13.0. The molecule has 0 spiro atoms. The molecule has 0 saturated carbocycles. The van der Waals surface area contributed by atoms with E-state index in [0.717, 1.165) is 5.56 Å². The molecule has 2 amide bonds. The lowest BCUT2D eigenvalue weighted by Crippen LogP contribution is -2.36. The van der Waals surface area contributed by atoms with E-state index in [1.165, 1.54) is 23.6 Å². The number of fused-ring (bicyclic) bond motifs is 1. The molecule has 2 heterocycles. The fourth-order valence-electron chi connectivity index (χ4n) is 3.15. The maximum absolute atomic E-state index is 13.0. The van der Waals surface area contributed by atoms with Crippen LogP contribution in [0.25, 0.3) is 0 Å². The van der Waals surface area contributed by atoms with Gasteiger partial charge < -0.3 is 14.8 Å². The van der Waals surface area contributed by atoms with Gasteiger partial charge in [0.1, 0.15) is 17.5 Å². The molecule has 0 saturated heterocycles. The number of hydrogen-bond acceptors (Lipinski definition) is 7. The van der Waals surface area contributed by atoms with E-state index < -0.39 is 6.04 Å². The van der Waals surface area contributed by atoms with Crippen molar-refractivity contribution in [3.8, 4) is 11.5 Å². The van der Waals surface area contributed by atoms with Crippen LogP contribution in [0.15, 0.2) is 53.7 Å². The van der Waals surface area contributed by atoms with Gasteiger partial charge in [-0.1, -0.05) is 42.1 Å². The van der Waals surface area contributed by atoms with Crippen LogP contribution in [-0.4, -0.2) is 40.8 Å². The summed E-state index contributed by atoms with van der Waals surface area (Å²) in [5, 5.41) is 10.4. The first-order chi connectivity index (χ1) is 15.1. The Morgan fingerprint density at radius 3 is 2.77 bits per heavy atom. The van der Waals surface area contributed by atoms with Gasteiger partial charge in [-0.3, -0.25) is 14.9 Å². The lowest BCUT2D eigenvalue weighted by molar-refractivity contribution is -0.125. The van der Waals surface area contributed by atoms with Gasteiger partial charge >= 0.3 is 0 Å². The molecule has 1 aromatic heterocycles. The van der Waals surface area contributed by atoms with Crippen molar-refractivity contribution in [1.29, 1.82) is 0 Å². The topological polar surface area (TPSA) is 107 Å². The third-order valence-corrected chi connectivity index (χ3v) is 5.63. The molecule has 1 atom stereocenters. The average molecular weight is 439 g/mol. The second-order valence-corrected chi connectivity index (χ2v) is 7.70. The molecule has 10 heteroatoms. The third kappa shape index (κ3) is 4.64. The predicted molar refractivity (Wildman–Crippen MR) is 116 cm³/mol. The molecule has 1 aliphatic heterocycles. The number of amides is 2. The number of carbonyl (C=O) groups excluding carboxylic acids is 2. The van der Waals surface area contributed by atoms with Crippen molar-refractivity contribution in [1.82, 2.24) is 14.8 Å². The van der Waals surface area contributed by atoms with E-state index in [2.05, 4.69) is 20.7 Å². The number of thioether (sulfide) groups is 1. The van der Waals surface area contributed by atoms with Gasteiger partial charge in [0.15, 0.2) is 0 Å². The monoisotopic (exact) mass is 439 g/mol. The molecule has 0 aliphatic carbocycles. The van der Waals surface area contributed by atoms with E-state index in [4.69, 9.17) is 9.47 Å². The van der Waals surface area contributed by atoms with Crippen LogP contribution in [0.5, 0.6) is 11.5 Å². The van der Waals surface area contributed by atoms with E-state index in [1.807, 2.05) is 30.3 Å². The minimum Gasteiger partial charge on any atom is -0.497 e. The number of anilines is 2. The Hall–Kier alpha value is -3.53. The summed E-state index contributed by atoms with van der Waals surface area (Å²) in [6.07, 6.45) is -0.0382. The third-order valence-electron chi connectivity index (χ3n) is 4.72. The number of methoxy groups -OCH3 is 2. The number of hydrogen-bond donors (Lipinski definition) is 2. The molecule has 2 N–H and O–H groups in total. The van der Waals surface area contributed by atoms with Crippen LogP contribution >= 0.6 is 11.8 Å². The standard InChI is InChI=1S/C21H21N5O4S/c1-29-14-8-9-15(17(10-14)30-2)22-19(28)16-11-18(27)23-20-24-21(25-26(16)20)31-12-13-6-4-3-5-7-13/h3-10,16H,11-12H2,1-2H3,(H,22,28)(H,23,24,25,27)/t16-/m0/s1. The van der Waals surface area contributed by atoms with Crippen molar-refractivity contribution < 1.29 is 19.1 Å². The van der Waals surface area contributed by atoms with Crippen LogP contribution in [0.2, 0.25) is 0 Å². The summed E-state index contributed by atoms with van der Waals surface area (Å²) < 4.78 is 12.0. The van der Waals surface area contributed by atoms with E-state index >= 15 is 0 Å². The van der Waals surface area contributed by atoms with E-state index in [9.17, 15) is 9.59 Å². The highest BCUT2D eigenvalue weighted by molar-refractivity contribution is 7.98. The van der Waals surface area contributed by atoms with Crippen molar-refractivity contribution in [3.63, 3.8) is 0 Å². The van der Waals surface area contributed by atoms with Crippen LogP contribution in [-0.2, 0) is 15.3 Å². The fraction of sp³-hybridized carbons (Fsp3) is 0.238. The maximum Gasteiger partial charge on any atom is 0.250 e. The summed E-state index contributed by atoms with van der Waals surface area (Å²) in [6.45, 7) is 0. The average Bonchev–Trinajstić information content (AvgIpc) is 3.20. The molecule has 31 heavy (non-hydrogen) atoms. The Balaban J connectivity index is 1.52. The Morgan fingerprint density at radius 2 is 2.03 bits per heavy atom. The number of ether oxygens (including phenoxy) is 2. The highest BCUT2D eigenvalue weighted by atomic mass is 32.2. The predicted octanol–water partition coefficient (Wildman–Crippen LogP) is 3.11. The first-order valence-corrected chi connectivity index (χ1v) is 10.5. The quantitative estimate of drug-likeness (QED) is 0.545. The molecule has 1 aliphatic rings. The van der Waals surface area contributed by atoms with Gasteiger partial charge in [0.2, 0.25) is 22.9 Å². The van der Waals surface area contributed by atoms with Crippen molar-refractivity contribution in [2.24, 2.45) is 0 Å². The molecule has 3 aromatic rings. The summed E-state index contributed by atoms with van der Waals surface area (Å²) in [6, 6.07) is 14.2. The van der Waals surface area contributed by atoms with Crippen LogP contribution in [0.3, 0.4) is 0 Å². The Kier molecular flexibility index (Phi) is 6.08. The molecule has 9 nitrogen and oxygen atoms in total. The Bertz CT molecular complexity index is 1100. The van der Waals surface area contributed by atoms with Crippen molar-refractivity contribution >= 4 is 35.2 Å². The van der Waals surface area contributed by atoms with Crippen molar-refractivity contribution in [2.75, 3.05) is 24.9 Å². The van der Waals surface area contributed by atoms with E-state index in [0.29, 0.717) is 28.1 Å². The minimum atomic E-state index is -0.825. The van der Waals surface area contributed by atoms with Gasteiger partial charge in [0.05, 0.1) is 26.3 Å². The number of benzene rings is 2. The smallest absolute Gasteiger partial charge is 0.250 e. The molecule has 0 bridgehead atoms. The molecular weight excluding hydrogens is 418 g/mol. The summed E-state index contributed by atoms with van der Waals surface area (Å²) in [5.74, 6) is 1.31. The van der Waals surface area contributed by atoms with E-state index in [-0.39, 0.29) is 24.2 Å². The summed E-state index contributed by atoms with van der Waals surface area (Å²) in [7, 11) is 3.05. The van der Waals surface area contributed by atoms with Gasteiger partial charge in [-0.2, -0.15) is 4.98 Å². The normalized spacial score (nSPS) is 15.0. The Labute approximate surface area is 183 Å². The molecule has 4 rings (SSSR count). The number of aromatic nitrogens is 3. The molecule has 0 unspecified atom stereocenters. The zero-order valence-corrected chi connectivity index (χ0v) is 17.8. The zero-order chi connectivity index (χ0) is 21.8. The number of rotatable bonds is 7. The highest BCUT2D eigenvalue weighted by Crippen LogP contribution is 2.32. The van der Waals surface area contributed by atoms with Crippen molar-refractivity contribution in [3.05, 3.63) is 54.1 Å². The fourth-order valence-corrected chi connectivity index (χ4v) is 3.93. The largest absolute Gasteiger partial charge is 0.497 e. The lowest BCUT2D eigenvalue weighted by atomic mass is 10.1. The van der Waals surface area contributed by atoms with Gasteiger partial charge in [-0.15, -0.1) is 5.10 Å². The van der Waals surface area contributed by atoms with Crippen LogP contribution in [0.1, 0.15) is 18.0 Å². The molecule has 0 fully saturated rings. The van der Waals surface area contributed by atoms with Gasteiger partial charge in [-0.05, 0) is 17.7 Å². The number of carbonyl (C=O) groups is 2. The lowest BCUT2D eigenvalue weighted by Gasteiger charge is -2.23. The summed E-state index contributed by atoms with van der Waals surface area (Å²) in [4.78, 5) is 29.6. The summed E-state index contributed by atoms with van der Waals surface area (Å²) in [5.41, 5.74) is 1.60. The van der Waals surface area contributed by atoms with Crippen LogP contribution in [0.4, 0.5) is 11.6 Å².